The van der Waals surface area contributed by atoms with Crippen LogP contribution in [0.15, 0.2) is 66.7 Å². The van der Waals surface area contributed by atoms with E-state index in [1.54, 1.807) is 28.4 Å². The van der Waals surface area contributed by atoms with Gasteiger partial charge in [-0.2, -0.15) is 0 Å². The molecule has 0 bridgehead atoms. The molecule has 0 fully saturated rings. The van der Waals surface area contributed by atoms with Crippen LogP contribution in [0.5, 0.6) is 40.2 Å². The van der Waals surface area contributed by atoms with E-state index >= 15 is 0 Å². The molecule has 1 unspecified atom stereocenters. The van der Waals surface area contributed by atoms with Crippen LogP contribution >= 0.6 is 0 Å². The fourth-order valence-electron chi connectivity index (χ4n) is 6.89. The van der Waals surface area contributed by atoms with Crippen molar-refractivity contribution in [1.82, 2.24) is 9.80 Å². The first-order valence-corrected chi connectivity index (χ1v) is 15.8. The molecule has 2 aliphatic heterocycles. The molecule has 46 heavy (non-hydrogen) atoms. The third-order valence-corrected chi connectivity index (χ3v) is 9.57. The van der Waals surface area contributed by atoms with E-state index in [1.165, 1.54) is 22.3 Å². The number of benzene rings is 4. The first-order valence-electron chi connectivity index (χ1n) is 15.8. The Kier molecular flexibility index (Phi) is 9.29. The predicted octanol–water partition coefficient (Wildman–Crippen LogP) is 6.76. The Morgan fingerprint density at radius 1 is 0.587 bits per heavy atom. The second-order valence-electron chi connectivity index (χ2n) is 12.3. The summed E-state index contributed by atoms with van der Waals surface area (Å²) in [6.45, 7) is 1.92. The van der Waals surface area contributed by atoms with Gasteiger partial charge in [0.2, 0.25) is 0 Å². The number of hydrogen-bond donors (Lipinski definition) is 1. The van der Waals surface area contributed by atoms with Crippen LogP contribution < -0.4 is 23.7 Å². The van der Waals surface area contributed by atoms with Crippen molar-refractivity contribution in [2.24, 2.45) is 0 Å². The number of ether oxygens (including phenoxy) is 5. The standard InChI is InChI=1S/C38H44N2O6/c1-39-15-13-26-20-35(43-4)33(41)22-29(26)31(39)17-24-7-10-28(11-8-24)46-38-19-25(9-12-34(38)42-3)18-32-30-23-37(45-6)36(44-5)21-27(30)14-16-40(32)2/h7-12,19-23,31-32,41H,13-18H2,1-6H3/t31?,32-/m0/s1. The van der Waals surface area contributed by atoms with Crippen LogP contribution in [-0.2, 0) is 25.7 Å². The minimum Gasteiger partial charge on any atom is -0.504 e. The van der Waals surface area contributed by atoms with E-state index in [-0.39, 0.29) is 17.8 Å². The molecule has 0 spiro atoms. The average molecular weight is 625 g/mol. The number of phenolic OH excluding ortho intramolecular Hbond substituents is 1. The molecule has 2 aliphatic rings. The monoisotopic (exact) mass is 624 g/mol. The van der Waals surface area contributed by atoms with E-state index in [4.69, 9.17) is 23.7 Å². The zero-order valence-corrected chi connectivity index (χ0v) is 27.6. The molecule has 2 heterocycles. The van der Waals surface area contributed by atoms with Crippen LogP contribution in [0.1, 0.15) is 45.5 Å². The number of methoxy groups -OCH3 is 4. The third-order valence-electron chi connectivity index (χ3n) is 9.57. The van der Waals surface area contributed by atoms with Crippen molar-refractivity contribution < 1.29 is 28.8 Å². The second-order valence-corrected chi connectivity index (χ2v) is 12.3. The summed E-state index contributed by atoms with van der Waals surface area (Å²) in [5.41, 5.74) is 7.29. The highest BCUT2D eigenvalue weighted by atomic mass is 16.5. The van der Waals surface area contributed by atoms with Gasteiger partial charge in [0.1, 0.15) is 5.75 Å². The molecular weight excluding hydrogens is 580 g/mol. The van der Waals surface area contributed by atoms with Gasteiger partial charge in [-0.1, -0.05) is 18.2 Å². The summed E-state index contributed by atoms with van der Waals surface area (Å²) in [5.74, 6) is 4.35. The lowest BCUT2D eigenvalue weighted by atomic mass is 9.88. The number of rotatable bonds is 10. The van der Waals surface area contributed by atoms with Gasteiger partial charge in [0.15, 0.2) is 34.5 Å². The molecule has 0 saturated heterocycles. The zero-order chi connectivity index (χ0) is 32.4. The van der Waals surface area contributed by atoms with E-state index in [9.17, 15) is 5.11 Å². The van der Waals surface area contributed by atoms with Crippen LogP contribution in [0.3, 0.4) is 0 Å². The van der Waals surface area contributed by atoms with Gasteiger partial charge >= 0.3 is 0 Å². The van der Waals surface area contributed by atoms with Crippen molar-refractivity contribution >= 4 is 0 Å². The Bertz CT molecular complexity index is 1690. The van der Waals surface area contributed by atoms with E-state index in [1.807, 2.05) is 30.3 Å². The number of likely N-dealkylation sites (N-methyl/N-ethyl adjacent to an activating group) is 2. The van der Waals surface area contributed by atoms with Crippen molar-refractivity contribution in [2.45, 2.75) is 37.8 Å². The molecule has 242 valence electrons. The average Bonchev–Trinajstić information content (AvgIpc) is 3.07. The molecule has 2 atom stereocenters. The Hall–Kier alpha value is -4.40. The maximum Gasteiger partial charge on any atom is 0.169 e. The molecule has 8 heteroatoms. The van der Waals surface area contributed by atoms with Gasteiger partial charge in [-0.05, 0) is 122 Å². The first-order chi connectivity index (χ1) is 22.3. The first kappa shape index (κ1) is 31.6. The topological polar surface area (TPSA) is 72.9 Å². The summed E-state index contributed by atoms with van der Waals surface area (Å²) < 4.78 is 28.7. The normalized spacial score (nSPS) is 18.0. The fourth-order valence-corrected chi connectivity index (χ4v) is 6.89. The summed E-state index contributed by atoms with van der Waals surface area (Å²) in [6, 6.07) is 22.9. The van der Waals surface area contributed by atoms with Crippen molar-refractivity contribution in [3.63, 3.8) is 0 Å². The molecule has 0 saturated carbocycles. The van der Waals surface area contributed by atoms with E-state index in [0.717, 1.165) is 67.1 Å². The van der Waals surface area contributed by atoms with Gasteiger partial charge in [0, 0.05) is 25.2 Å². The highest BCUT2D eigenvalue weighted by molar-refractivity contribution is 5.52. The van der Waals surface area contributed by atoms with E-state index in [0.29, 0.717) is 17.2 Å². The van der Waals surface area contributed by atoms with Crippen LogP contribution in [0, 0.1) is 0 Å². The van der Waals surface area contributed by atoms with Gasteiger partial charge in [0.25, 0.3) is 0 Å². The van der Waals surface area contributed by atoms with Crippen molar-refractivity contribution in [2.75, 3.05) is 55.6 Å². The molecule has 0 amide bonds. The summed E-state index contributed by atoms with van der Waals surface area (Å²) in [4.78, 5) is 4.75. The Labute approximate surface area is 272 Å². The molecule has 0 aromatic heterocycles. The fraction of sp³-hybridized carbons (Fsp3) is 0.368. The van der Waals surface area contributed by atoms with Gasteiger partial charge in [0.05, 0.1) is 28.4 Å². The van der Waals surface area contributed by atoms with Gasteiger partial charge in [-0.15, -0.1) is 0 Å². The number of phenols is 1. The summed E-state index contributed by atoms with van der Waals surface area (Å²) in [6.07, 6.45) is 3.53. The Morgan fingerprint density at radius 3 is 1.72 bits per heavy atom. The van der Waals surface area contributed by atoms with E-state index in [2.05, 4.69) is 60.3 Å². The third kappa shape index (κ3) is 6.32. The molecule has 1 N–H and O–H groups in total. The summed E-state index contributed by atoms with van der Waals surface area (Å²) >= 11 is 0. The van der Waals surface area contributed by atoms with Crippen LogP contribution in [0.4, 0.5) is 0 Å². The largest absolute Gasteiger partial charge is 0.504 e. The smallest absolute Gasteiger partial charge is 0.169 e. The van der Waals surface area contributed by atoms with E-state index < -0.39 is 0 Å². The number of nitrogens with zero attached hydrogens (tertiary/aromatic N) is 2. The van der Waals surface area contributed by atoms with Crippen LogP contribution in [0.25, 0.3) is 0 Å². The predicted molar refractivity (Wildman–Crippen MR) is 179 cm³/mol. The molecular formula is C38H44N2O6. The van der Waals surface area contributed by atoms with Crippen LogP contribution in [-0.4, -0.2) is 70.5 Å². The highest BCUT2D eigenvalue weighted by Crippen LogP contribution is 2.41. The van der Waals surface area contributed by atoms with Gasteiger partial charge in [-0.3, -0.25) is 9.80 Å². The van der Waals surface area contributed by atoms with Crippen molar-refractivity contribution in [1.29, 1.82) is 0 Å². The Morgan fingerprint density at radius 2 is 1.11 bits per heavy atom. The molecule has 4 aromatic carbocycles. The lowest BCUT2D eigenvalue weighted by Gasteiger charge is -2.35. The maximum absolute atomic E-state index is 10.5. The van der Waals surface area contributed by atoms with Gasteiger partial charge < -0.3 is 28.8 Å². The lowest BCUT2D eigenvalue weighted by Crippen LogP contribution is -2.33. The minimum atomic E-state index is 0.160. The molecule has 0 radical (unpaired) electrons. The number of hydrogen-bond acceptors (Lipinski definition) is 8. The van der Waals surface area contributed by atoms with Crippen molar-refractivity contribution in [3.8, 4) is 40.2 Å². The number of aromatic hydroxyl groups is 1. The maximum atomic E-state index is 10.5. The summed E-state index contributed by atoms with van der Waals surface area (Å²) in [5, 5.41) is 10.5. The van der Waals surface area contributed by atoms with Crippen LogP contribution in [0.2, 0.25) is 0 Å². The highest BCUT2D eigenvalue weighted by Gasteiger charge is 2.28. The zero-order valence-electron chi connectivity index (χ0n) is 27.6. The molecule has 0 aliphatic carbocycles. The summed E-state index contributed by atoms with van der Waals surface area (Å²) in [7, 11) is 10.9. The SMILES string of the molecule is COc1cc2c(cc1O)C(Cc1ccc(Oc3cc(C[C@H]4c5cc(OC)c(OC)cc5CCN4C)ccc3OC)cc1)N(C)CC2. The van der Waals surface area contributed by atoms with Gasteiger partial charge in [-0.25, -0.2) is 0 Å². The quantitative estimate of drug-likeness (QED) is 0.208. The molecule has 8 nitrogen and oxygen atoms in total. The minimum absolute atomic E-state index is 0.160. The molecule has 4 aromatic rings. The van der Waals surface area contributed by atoms with Crippen molar-refractivity contribution in [3.05, 3.63) is 100 Å². The molecule has 6 rings (SSSR count). The Balaban J connectivity index is 1.20. The lowest BCUT2D eigenvalue weighted by molar-refractivity contribution is 0.227. The number of fused-ring (bicyclic) bond motifs is 2. The second kappa shape index (κ2) is 13.5.